The highest BCUT2D eigenvalue weighted by atomic mass is 19.4. The van der Waals surface area contributed by atoms with Gasteiger partial charge < -0.3 is 23.7 Å². The van der Waals surface area contributed by atoms with Gasteiger partial charge in [0.05, 0.1) is 25.0 Å². The molecular weight excluding hydrogens is 499 g/mol. The van der Waals surface area contributed by atoms with Crippen molar-refractivity contribution in [1.82, 2.24) is 0 Å². The van der Waals surface area contributed by atoms with Crippen molar-refractivity contribution in [2.75, 3.05) is 6.61 Å². The van der Waals surface area contributed by atoms with Gasteiger partial charge in [0.25, 0.3) is 5.90 Å². The summed E-state index contributed by atoms with van der Waals surface area (Å²) >= 11 is 0. The normalized spacial score (nSPS) is 27.9. The van der Waals surface area contributed by atoms with Crippen molar-refractivity contribution >= 4 is 11.6 Å². The Labute approximate surface area is 219 Å². The highest BCUT2D eigenvalue weighted by molar-refractivity contribution is 5.84. The Morgan fingerprint density at radius 2 is 1.53 bits per heavy atom. The molecule has 2 aliphatic heterocycles. The highest BCUT2D eigenvalue weighted by Gasteiger charge is 2.51. The van der Waals surface area contributed by atoms with Gasteiger partial charge in [-0.1, -0.05) is 85.8 Å². The molecule has 6 atom stereocenters. The van der Waals surface area contributed by atoms with E-state index in [1.54, 1.807) is 18.2 Å². The van der Waals surface area contributed by atoms with Crippen molar-refractivity contribution in [2.45, 2.75) is 50.6 Å². The molecule has 0 aliphatic carbocycles. The number of rotatable bonds is 6. The number of nitrogens with zero attached hydrogens (tertiary/aromatic N) is 1. The molecule has 0 spiro atoms. The van der Waals surface area contributed by atoms with Crippen LogP contribution in [-0.2, 0) is 30.3 Å². The molecule has 5 rings (SSSR count). The first-order valence-corrected chi connectivity index (χ1v) is 12.4. The van der Waals surface area contributed by atoms with Crippen LogP contribution < -0.4 is 0 Å². The second-order valence-electron chi connectivity index (χ2n) is 9.21. The average Bonchev–Trinajstić information content (AvgIpc) is 2.93. The molecule has 200 valence electrons. The third-order valence-corrected chi connectivity index (χ3v) is 6.49. The van der Waals surface area contributed by atoms with E-state index in [0.29, 0.717) is 0 Å². The zero-order chi connectivity index (χ0) is 26.5. The van der Waals surface area contributed by atoms with Crippen LogP contribution in [0.2, 0.25) is 0 Å². The Bertz CT molecular complexity index is 1190. The second kappa shape index (κ2) is 11.7. The fraction of sp³-hybridized carbons (Fsp3) is 0.345. The topological polar surface area (TPSA) is 58.5 Å². The van der Waals surface area contributed by atoms with E-state index >= 15 is 0 Å². The van der Waals surface area contributed by atoms with E-state index in [2.05, 4.69) is 4.99 Å². The number of hydrogen-bond acceptors (Lipinski definition) is 6. The Balaban J connectivity index is 1.40. The van der Waals surface area contributed by atoms with Crippen LogP contribution in [0.4, 0.5) is 18.9 Å². The monoisotopic (exact) mass is 527 g/mol. The van der Waals surface area contributed by atoms with Gasteiger partial charge in [-0.25, -0.2) is 4.99 Å². The summed E-state index contributed by atoms with van der Waals surface area (Å²) in [6.07, 6.45) is -8.89. The van der Waals surface area contributed by atoms with E-state index in [0.717, 1.165) is 11.1 Å². The Kier molecular flexibility index (Phi) is 8.09. The van der Waals surface area contributed by atoms with Gasteiger partial charge in [0.1, 0.15) is 12.2 Å². The zero-order valence-corrected chi connectivity index (χ0v) is 20.7. The van der Waals surface area contributed by atoms with Gasteiger partial charge in [0, 0.05) is 11.5 Å². The molecule has 9 heteroatoms. The number of benzene rings is 3. The largest absolute Gasteiger partial charge is 0.468 e. The fourth-order valence-electron chi connectivity index (χ4n) is 4.57. The quantitative estimate of drug-likeness (QED) is 0.276. The average molecular weight is 528 g/mol. The highest BCUT2D eigenvalue weighted by Crippen LogP contribution is 2.39. The molecule has 3 unspecified atom stereocenters. The van der Waals surface area contributed by atoms with Crippen molar-refractivity contribution in [3.05, 3.63) is 102 Å². The van der Waals surface area contributed by atoms with Crippen LogP contribution in [0.1, 0.15) is 24.3 Å². The summed E-state index contributed by atoms with van der Waals surface area (Å²) in [5, 5.41) is 0. The summed E-state index contributed by atoms with van der Waals surface area (Å²) in [7, 11) is 0. The van der Waals surface area contributed by atoms with E-state index in [9.17, 15) is 13.2 Å². The number of ether oxygens (including phenoxy) is 5. The van der Waals surface area contributed by atoms with Crippen LogP contribution in [0.15, 0.2) is 96.0 Å². The van der Waals surface area contributed by atoms with Crippen molar-refractivity contribution in [2.24, 2.45) is 10.9 Å². The molecule has 2 heterocycles. The number of hydrogen-bond donors (Lipinski definition) is 0. The summed E-state index contributed by atoms with van der Waals surface area (Å²) in [6, 6.07) is 26.6. The molecule has 3 aromatic rings. The number of para-hydroxylation sites is 1. The number of halogens is 3. The Morgan fingerprint density at radius 1 is 0.895 bits per heavy atom. The summed E-state index contributed by atoms with van der Waals surface area (Å²) in [5.41, 5.74) is 1.82. The van der Waals surface area contributed by atoms with Crippen molar-refractivity contribution in [1.29, 1.82) is 0 Å². The van der Waals surface area contributed by atoms with Crippen LogP contribution >= 0.6 is 0 Å². The summed E-state index contributed by atoms with van der Waals surface area (Å²) in [6.45, 7) is 2.14. The summed E-state index contributed by atoms with van der Waals surface area (Å²) < 4.78 is 71.8. The van der Waals surface area contributed by atoms with Crippen LogP contribution in [0.25, 0.3) is 0 Å². The third kappa shape index (κ3) is 6.24. The van der Waals surface area contributed by atoms with Gasteiger partial charge in [0.2, 0.25) is 6.29 Å². The minimum atomic E-state index is -4.85. The van der Waals surface area contributed by atoms with E-state index in [4.69, 9.17) is 23.7 Å². The zero-order valence-electron chi connectivity index (χ0n) is 20.7. The third-order valence-electron chi connectivity index (χ3n) is 6.49. The molecule has 38 heavy (non-hydrogen) atoms. The molecule has 0 radical (unpaired) electrons. The lowest BCUT2D eigenvalue weighted by Crippen LogP contribution is -2.60. The minimum Gasteiger partial charge on any atom is -0.441 e. The van der Waals surface area contributed by atoms with Gasteiger partial charge in [0.15, 0.2) is 6.29 Å². The smallest absolute Gasteiger partial charge is 0.441 e. The molecule has 2 aliphatic rings. The minimum absolute atomic E-state index is 0.110. The molecule has 0 bridgehead atoms. The Morgan fingerprint density at radius 3 is 2.18 bits per heavy atom. The number of fused-ring (bicyclic) bond motifs is 1. The Hall–Kier alpha value is -3.24. The number of aliphatic imine (C=N–C) groups is 1. The lowest BCUT2D eigenvalue weighted by molar-refractivity contribution is -0.348. The van der Waals surface area contributed by atoms with Gasteiger partial charge in [-0.2, -0.15) is 13.2 Å². The standard InChI is InChI=1S/C29H28F3NO5/c1-19-24-23(18-35-26(37-24)21-13-7-3-8-14-21)36-27(25(19)34-17-20-11-5-2-6-12-20)38-28(29(30,31)32)33-22-15-9-4-10-16-22/h2-16,19,23-27H,17-18H2,1H3/t19-,23?,24+,25?,26?,27-/m0/s1. The van der Waals surface area contributed by atoms with Crippen molar-refractivity contribution < 1.29 is 36.9 Å². The van der Waals surface area contributed by atoms with Crippen LogP contribution in [0.5, 0.6) is 0 Å². The van der Waals surface area contributed by atoms with E-state index in [-0.39, 0.29) is 24.8 Å². The van der Waals surface area contributed by atoms with Crippen molar-refractivity contribution in [3.63, 3.8) is 0 Å². The van der Waals surface area contributed by atoms with Gasteiger partial charge in [-0.05, 0) is 17.7 Å². The molecule has 2 saturated heterocycles. The second-order valence-corrected chi connectivity index (χ2v) is 9.21. The predicted octanol–water partition coefficient (Wildman–Crippen LogP) is 6.36. The SMILES string of the molecule is C[C@@H]1C(OCc2ccccc2)[C@H](OC(=Nc2ccccc2)C(F)(F)F)OC2COC(c3ccccc3)O[C@@H]21. The molecule has 3 aromatic carbocycles. The molecule has 2 fully saturated rings. The predicted molar refractivity (Wildman–Crippen MR) is 134 cm³/mol. The molecule has 0 N–H and O–H groups in total. The molecule has 0 saturated carbocycles. The maximum absolute atomic E-state index is 14.0. The molecule has 0 aromatic heterocycles. The molecule has 6 nitrogen and oxygen atoms in total. The maximum Gasteiger partial charge on any atom is 0.468 e. The van der Waals surface area contributed by atoms with Gasteiger partial charge in [-0.3, -0.25) is 0 Å². The van der Waals surface area contributed by atoms with Crippen LogP contribution in [-0.4, -0.2) is 43.3 Å². The first-order valence-electron chi connectivity index (χ1n) is 12.4. The molecular formula is C29H28F3NO5. The summed E-state index contributed by atoms with van der Waals surface area (Å²) in [5.74, 6) is -1.80. The fourth-order valence-corrected chi connectivity index (χ4v) is 4.57. The summed E-state index contributed by atoms with van der Waals surface area (Å²) in [4.78, 5) is 3.73. The van der Waals surface area contributed by atoms with E-state index in [1.165, 1.54) is 12.1 Å². The van der Waals surface area contributed by atoms with E-state index in [1.807, 2.05) is 67.6 Å². The maximum atomic E-state index is 14.0. The molecule has 0 amide bonds. The van der Waals surface area contributed by atoms with Crippen LogP contribution in [0.3, 0.4) is 0 Å². The first kappa shape index (κ1) is 26.4. The lowest BCUT2D eigenvalue weighted by atomic mass is 9.89. The van der Waals surface area contributed by atoms with Crippen LogP contribution in [0, 0.1) is 5.92 Å². The number of alkyl halides is 3. The first-order chi connectivity index (χ1) is 18.4. The van der Waals surface area contributed by atoms with Gasteiger partial charge in [-0.15, -0.1) is 0 Å². The van der Waals surface area contributed by atoms with E-state index < -0.39 is 43.0 Å². The lowest BCUT2D eigenvalue weighted by Gasteiger charge is -2.48. The van der Waals surface area contributed by atoms with Gasteiger partial charge >= 0.3 is 6.18 Å². The van der Waals surface area contributed by atoms with Crippen molar-refractivity contribution in [3.8, 4) is 0 Å².